The summed E-state index contributed by atoms with van der Waals surface area (Å²) in [6.45, 7) is 1.89. The van der Waals surface area contributed by atoms with Gasteiger partial charge in [-0.3, -0.25) is 4.79 Å². The summed E-state index contributed by atoms with van der Waals surface area (Å²) in [7, 11) is 0. The first-order valence-electron chi connectivity index (χ1n) is 8.50. The van der Waals surface area contributed by atoms with Crippen molar-refractivity contribution in [2.75, 3.05) is 4.90 Å². The molecular formula is C21H18N4O. The van der Waals surface area contributed by atoms with Crippen LogP contribution in [0, 0.1) is 0 Å². The van der Waals surface area contributed by atoms with E-state index in [0.717, 1.165) is 11.4 Å². The molecule has 0 amide bonds. The number of hydrogen-bond acceptors (Lipinski definition) is 4. The van der Waals surface area contributed by atoms with E-state index in [0.29, 0.717) is 11.0 Å². The van der Waals surface area contributed by atoms with Crippen LogP contribution < -0.4 is 4.90 Å². The average Bonchev–Trinajstić information content (AvgIpc) is 3.13. The van der Waals surface area contributed by atoms with Crippen LogP contribution in [-0.2, 0) is 0 Å². The number of benzene rings is 3. The lowest BCUT2D eigenvalue weighted by atomic mass is 10.1. The van der Waals surface area contributed by atoms with Crippen molar-refractivity contribution in [1.29, 1.82) is 0 Å². The highest BCUT2D eigenvalue weighted by atomic mass is 16.2. The van der Waals surface area contributed by atoms with Crippen molar-refractivity contribution in [2.45, 2.75) is 13.0 Å². The number of fused-ring (bicyclic) bond motifs is 1. The second-order valence-electron chi connectivity index (χ2n) is 6.05. The Morgan fingerprint density at radius 1 is 0.846 bits per heavy atom. The normalized spacial score (nSPS) is 12.0. The van der Waals surface area contributed by atoms with Gasteiger partial charge in [-0.25, -0.2) is 0 Å². The third-order valence-electron chi connectivity index (χ3n) is 4.37. The van der Waals surface area contributed by atoms with Crippen LogP contribution in [-0.4, -0.2) is 26.9 Å². The molecule has 0 saturated heterocycles. The SMILES string of the molecule is C[C@H](C(=O)n1nnc2ccccc21)N(c1ccccc1)c1ccccc1. The molecule has 0 aliphatic rings. The molecule has 0 saturated carbocycles. The summed E-state index contributed by atoms with van der Waals surface area (Å²) in [5.41, 5.74) is 3.32. The maximum absolute atomic E-state index is 13.2. The van der Waals surface area contributed by atoms with Crippen molar-refractivity contribution in [3.8, 4) is 0 Å². The smallest absolute Gasteiger partial charge is 0.271 e. The van der Waals surface area contributed by atoms with E-state index in [-0.39, 0.29) is 5.91 Å². The fraction of sp³-hybridized carbons (Fsp3) is 0.0952. The lowest BCUT2D eigenvalue weighted by molar-refractivity contribution is 0.0874. The van der Waals surface area contributed by atoms with Gasteiger partial charge in [0.2, 0.25) is 0 Å². The lowest BCUT2D eigenvalue weighted by Gasteiger charge is -2.30. The zero-order valence-electron chi connectivity index (χ0n) is 14.4. The molecule has 3 aromatic carbocycles. The van der Waals surface area contributed by atoms with Gasteiger partial charge < -0.3 is 4.90 Å². The molecule has 0 bridgehead atoms. The molecule has 0 spiro atoms. The van der Waals surface area contributed by atoms with Gasteiger partial charge in [0.1, 0.15) is 11.6 Å². The number of rotatable bonds is 4. The summed E-state index contributed by atoms with van der Waals surface area (Å²) in [4.78, 5) is 15.2. The van der Waals surface area contributed by atoms with Crippen molar-refractivity contribution >= 4 is 28.3 Å². The van der Waals surface area contributed by atoms with Crippen LogP contribution in [0.15, 0.2) is 84.9 Å². The summed E-state index contributed by atoms with van der Waals surface area (Å²) < 4.78 is 1.39. The van der Waals surface area contributed by atoms with Crippen LogP contribution in [0.2, 0.25) is 0 Å². The van der Waals surface area contributed by atoms with Gasteiger partial charge in [-0.2, -0.15) is 4.68 Å². The van der Waals surface area contributed by atoms with E-state index < -0.39 is 6.04 Å². The number of carbonyl (C=O) groups excluding carboxylic acids is 1. The molecule has 0 aliphatic heterocycles. The second kappa shape index (κ2) is 6.80. The van der Waals surface area contributed by atoms with E-state index in [1.54, 1.807) is 0 Å². The van der Waals surface area contributed by atoms with Gasteiger partial charge in [-0.1, -0.05) is 53.7 Å². The number of carbonyl (C=O) groups is 1. The summed E-state index contributed by atoms with van der Waals surface area (Å²) >= 11 is 0. The molecular weight excluding hydrogens is 324 g/mol. The van der Waals surface area contributed by atoms with Crippen molar-refractivity contribution in [3.05, 3.63) is 84.9 Å². The first-order valence-corrected chi connectivity index (χ1v) is 8.50. The van der Waals surface area contributed by atoms with E-state index in [1.165, 1.54) is 4.68 Å². The van der Waals surface area contributed by atoms with Crippen LogP contribution >= 0.6 is 0 Å². The van der Waals surface area contributed by atoms with E-state index >= 15 is 0 Å². The molecule has 5 heteroatoms. The van der Waals surface area contributed by atoms with Crippen LogP contribution in [0.5, 0.6) is 0 Å². The monoisotopic (exact) mass is 342 g/mol. The van der Waals surface area contributed by atoms with Gasteiger partial charge in [-0.15, -0.1) is 5.10 Å². The van der Waals surface area contributed by atoms with Crippen LogP contribution in [0.1, 0.15) is 11.7 Å². The predicted molar refractivity (Wildman–Crippen MR) is 103 cm³/mol. The van der Waals surface area contributed by atoms with Crippen molar-refractivity contribution < 1.29 is 4.79 Å². The summed E-state index contributed by atoms with van der Waals surface area (Å²) in [5, 5.41) is 8.18. The van der Waals surface area contributed by atoms with E-state index in [1.807, 2.05) is 96.8 Å². The average molecular weight is 342 g/mol. The number of para-hydroxylation sites is 3. The standard InChI is InChI=1S/C21H18N4O/c1-16(21(26)25-20-15-9-8-14-19(20)22-23-25)24(17-10-4-2-5-11-17)18-12-6-3-7-13-18/h2-16H,1H3/t16-/m1/s1. The molecule has 1 aromatic heterocycles. The predicted octanol–water partition coefficient (Wildman–Crippen LogP) is 4.30. The minimum absolute atomic E-state index is 0.133. The Hall–Kier alpha value is -3.47. The summed E-state index contributed by atoms with van der Waals surface area (Å²) in [5.74, 6) is -0.133. The van der Waals surface area contributed by atoms with Gasteiger partial charge >= 0.3 is 0 Å². The minimum Gasteiger partial charge on any atom is -0.329 e. The molecule has 0 radical (unpaired) electrons. The molecule has 5 nitrogen and oxygen atoms in total. The van der Waals surface area contributed by atoms with Crippen molar-refractivity contribution in [2.24, 2.45) is 0 Å². The number of anilines is 2. The Labute approximate surface area is 151 Å². The quantitative estimate of drug-likeness (QED) is 0.555. The number of aromatic nitrogens is 3. The summed E-state index contributed by atoms with van der Waals surface area (Å²) in [6.07, 6.45) is 0. The molecule has 0 N–H and O–H groups in total. The third-order valence-corrected chi connectivity index (χ3v) is 4.37. The molecule has 26 heavy (non-hydrogen) atoms. The van der Waals surface area contributed by atoms with E-state index in [4.69, 9.17) is 0 Å². The van der Waals surface area contributed by atoms with Crippen LogP contribution in [0.25, 0.3) is 11.0 Å². The second-order valence-corrected chi connectivity index (χ2v) is 6.05. The van der Waals surface area contributed by atoms with Crippen LogP contribution in [0.3, 0.4) is 0 Å². The molecule has 4 rings (SSSR count). The van der Waals surface area contributed by atoms with Crippen molar-refractivity contribution in [1.82, 2.24) is 15.0 Å². The first-order chi connectivity index (χ1) is 12.8. The van der Waals surface area contributed by atoms with E-state index in [2.05, 4.69) is 10.3 Å². The zero-order chi connectivity index (χ0) is 17.9. The summed E-state index contributed by atoms with van der Waals surface area (Å²) in [6, 6.07) is 26.8. The van der Waals surface area contributed by atoms with Crippen LogP contribution in [0.4, 0.5) is 11.4 Å². The fourth-order valence-corrected chi connectivity index (χ4v) is 3.09. The minimum atomic E-state index is -0.454. The number of hydrogen-bond donors (Lipinski definition) is 0. The maximum atomic E-state index is 13.2. The Morgan fingerprint density at radius 2 is 1.38 bits per heavy atom. The molecule has 128 valence electrons. The van der Waals surface area contributed by atoms with Gasteiger partial charge in [0, 0.05) is 11.4 Å². The topological polar surface area (TPSA) is 51.0 Å². The van der Waals surface area contributed by atoms with Gasteiger partial charge in [0.05, 0.1) is 5.52 Å². The van der Waals surface area contributed by atoms with Gasteiger partial charge in [0.15, 0.2) is 0 Å². The fourth-order valence-electron chi connectivity index (χ4n) is 3.09. The van der Waals surface area contributed by atoms with E-state index in [9.17, 15) is 4.79 Å². The molecule has 0 unspecified atom stereocenters. The largest absolute Gasteiger partial charge is 0.329 e. The molecule has 1 heterocycles. The Bertz CT molecular complexity index is 988. The Balaban J connectivity index is 1.77. The zero-order valence-corrected chi connectivity index (χ0v) is 14.4. The maximum Gasteiger partial charge on any atom is 0.271 e. The molecule has 0 fully saturated rings. The first kappa shape index (κ1) is 16.0. The molecule has 1 atom stereocenters. The highest BCUT2D eigenvalue weighted by Crippen LogP contribution is 2.28. The third kappa shape index (κ3) is 2.84. The van der Waals surface area contributed by atoms with Gasteiger partial charge in [0.25, 0.3) is 5.91 Å². The molecule has 0 aliphatic carbocycles. The Kier molecular flexibility index (Phi) is 4.19. The Morgan fingerprint density at radius 3 is 2.00 bits per heavy atom. The highest BCUT2D eigenvalue weighted by Gasteiger charge is 2.26. The number of nitrogens with zero attached hydrogens (tertiary/aromatic N) is 4. The molecule has 4 aromatic rings. The highest BCUT2D eigenvalue weighted by molar-refractivity contribution is 5.94. The lowest BCUT2D eigenvalue weighted by Crippen LogP contribution is -2.39. The van der Waals surface area contributed by atoms with Crippen molar-refractivity contribution in [3.63, 3.8) is 0 Å². The van der Waals surface area contributed by atoms with Gasteiger partial charge in [-0.05, 0) is 43.3 Å².